The standard InChI is InChI=1S/C15H21ClFNO/c1-18-12(10-13-6-2-3-8-19-13)9-11-5-4-7-14(16)15(11)17/h4-5,7,12-13,18H,2-3,6,8-10H2,1H3. The zero-order chi connectivity index (χ0) is 13.7. The number of rotatable bonds is 5. The van der Waals surface area contributed by atoms with Crippen molar-refractivity contribution in [2.24, 2.45) is 0 Å². The maximum absolute atomic E-state index is 13.9. The first-order valence-corrected chi connectivity index (χ1v) is 7.30. The molecule has 0 spiro atoms. The zero-order valence-electron chi connectivity index (χ0n) is 11.3. The molecule has 1 aromatic carbocycles. The number of nitrogens with one attached hydrogen (secondary N) is 1. The van der Waals surface area contributed by atoms with Crippen LogP contribution in [-0.4, -0.2) is 25.8 Å². The average Bonchev–Trinajstić information content (AvgIpc) is 2.44. The van der Waals surface area contributed by atoms with Crippen molar-refractivity contribution < 1.29 is 9.13 Å². The molecule has 0 bridgehead atoms. The molecule has 0 aromatic heterocycles. The minimum atomic E-state index is -0.297. The molecule has 1 aromatic rings. The van der Waals surface area contributed by atoms with Crippen LogP contribution in [0.2, 0.25) is 5.02 Å². The molecule has 1 N–H and O–H groups in total. The van der Waals surface area contributed by atoms with E-state index in [9.17, 15) is 4.39 Å². The lowest BCUT2D eigenvalue weighted by atomic mass is 9.97. The summed E-state index contributed by atoms with van der Waals surface area (Å²) in [5.41, 5.74) is 0.669. The molecule has 0 saturated carbocycles. The van der Waals surface area contributed by atoms with Crippen LogP contribution in [0, 0.1) is 5.82 Å². The molecule has 0 aliphatic carbocycles. The van der Waals surface area contributed by atoms with Crippen molar-refractivity contribution in [2.75, 3.05) is 13.7 Å². The summed E-state index contributed by atoms with van der Waals surface area (Å²) in [5.74, 6) is -0.297. The van der Waals surface area contributed by atoms with Crippen molar-refractivity contribution in [1.82, 2.24) is 5.32 Å². The summed E-state index contributed by atoms with van der Waals surface area (Å²) in [6.45, 7) is 0.854. The Kier molecular flexibility index (Phi) is 5.61. The quantitative estimate of drug-likeness (QED) is 0.893. The molecule has 1 saturated heterocycles. The molecule has 0 amide bonds. The van der Waals surface area contributed by atoms with Crippen LogP contribution in [0.3, 0.4) is 0 Å². The molecule has 1 heterocycles. The second-order valence-corrected chi connectivity index (χ2v) is 5.53. The number of likely N-dealkylation sites (N-methyl/N-ethyl adjacent to an activating group) is 1. The van der Waals surface area contributed by atoms with Crippen molar-refractivity contribution in [2.45, 2.75) is 44.2 Å². The highest BCUT2D eigenvalue weighted by atomic mass is 35.5. The largest absolute Gasteiger partial charge is 0.378 e. The van der Waals surface area contributed by atoms with E-state index in [0.29, 0.717) is 18.1 Å². The van der Waals surface area contributed by atoms with Gasteiger partial charge in [0.1, 0.15) is 5.82 Å². The summed E-state index contributed by atoms with van der Waals surface area (Å²) >= 11 is 5.81. The van der Waals surface area contributed by atoms with Crippen LogP contribution in [0.4, 0.5) is 4.39 Å². The predicted molar refractivity (Wildman–Crippen MR) is 76.2 cm³/mol. The Hall–Kier alpha value is -0.640. The van der Waals surface area contributed by atoms with Crippen LogP contribution in [0.5, 0.6) is 0 Å². The molecular formula is C15H21ClFNO. The molecule has 4 heteroatoms. The maximum atomic E-state index is 13.9. The monoisotopic (exact) mass is 285 g/mol. The van der Waals surface area contributed by atoms with E-state index in [1.165, 1.54) is 6.42 Å². The van der Waals surface area contributed by atoms with Gasteiger partial charge >= 0.3 is 0 Å². The van der Waals surface area contributed by atoms with Gasteiger partial charge in [0.15, 0.2) is 0 Å². The lowest BCUT2D eigenvalue weighted by molar-refractivity contribution is 0.00564. The van der Waals surface area contributed by atoms with Gasteiger partial charge in [0.25, 0.3) is 0 Å². The van der Waals surface area contributed by atoms with Gasteiger partial charge in [-0.2, -0.15) is 0 Å². The second-order valence-electron chi connectivity index (χ2n) is 5.13. The molecule has 2 nitrogen and oxygen atoms in total. The van der Waals surface area contributed by atoms with Crippen LogP contribution in [0.25, 0.3) is 0 Å². The lowest BCUT2D eigenvalue weighted by Crippen LogP contribution is -2.34. The van der Waals surface area contributed by atoms with Gasteiger partial charge in [0.2, 0.25) is 0 Å². The van der Waals surface area contributed by atoms with Gasteiger partial charge in [0.05, 0.1) is 11.1 Å². The van der Waals surface area contributed by atoms with Gasteiger partial charge in [-0.15, -0.1) is 0 Å². The highest BCUT2D eigenvalue weighted by Crippen LogP contribution is 2.22. The third kappa shape index (κ3) is 4.16. The minimum absolute atomic E-state index is 0.196. The van der Waals surface area contributed by atoms with Crippen molar-refractivity contribution in [1.29, 1.82) is 0 Å². The highest BCUT2D eigenvalue weighted by molar-refractivity contribution is 6.30. The molecule has 2 unspecified atom stereocenters. The van der Waals surface area contributed by atoms with Gasteiger partial charge in [-0.3, -0.25) is 0 Å². The van der Waals surface area contributed by atoms with Gasteiger partial charge in [-0.25, -0.2) is 4.39 Å². The van der Waals surface area contributed by atoms with Crippen molar-refractivity contribution in [3.63, 3.8) is 0 Å². The summed E-state index contributed by atoms with van der Waals surface area (Å²) < 4.78 is 19.6. The number of hydrogen-bond acceptors (Lipinski definition) is 2. The Bertz CT molecular complexity index is 407. The van der Waals surface area contributed by atoms with Gasteiger partial charge in [0, 0.05) is 12.6 Å². The smallest absolute Gasteiger partial charge is 0.145 e. The average molecular weight is 286 g/mol. The van der Waals surface area contributed by atoms with Crippen LogP contribution in [-0.2, 0) is 11.2 Å². The molecule has 2 rings (SSSR count). The van der Waals surface area contributed by atoms with Gasteiger partial charge < -0.3 is 10.1 Å². The van der Waals surface area contributed by atoms with Crippen LogP contribution in [0.15, 0.2) is 18.2 Å². The lowest BCUT2D eigenvalue weighted by Gasteiger charge is -2.27. The summed E-state index contributed by atoms with van der Waals surface area (Å²) in [4.78, 5) is 0. The Labute approximate surface area is 119 Å². The van der Waals surface area contributed by atoms with Crippen molar-refractivity contribution >= 4 is 11.6 Å². The molecule has 2 atom stereocenters. The van der Waals surface area contributed by atoms with Gasteiger partial charge in [-0.1, -0.05) is 23.7 Å². The first-order chi connectivity index (χ1) is 9.20. The van der Waals surface area contributed by atoms with E-state index in [-0.39, 0.29) is 16.9 Å². The van der Waals surface area contributed by atoms with Crippen LogP contribution in [0.1, 0.15) is 31.2 Å². The van der Waals surface area contributed by atoms with Crippen molar-refractivity contribution in [3.05, 3.63) is 34.6 Å². The minimum Gasteiger partial charge on any atom is -0.378 e. The van der Waals surface area contributed by atoms with Crippen LogP contribution >= 0.6 is 11.6 Å². The zero-order valence-corrected chi connectivity index (χ0v) is 12.0. The second kappa shape index (κ2) is 7.22. The molecular weight excluding hydrogens is 265 g/mol. The predicted octanol–water partition coefficient (Wildman–Crippen LogP) is 3.57. The fourth-order valence-electron chi connectivity index (χ4n) is 2.59. The van der Waals surface area contributed by atoms with Crippen molar-refractivity contribution in [3.8, 4) is 0 Å². The van der Waals surface area contributed by atoms with E-state index >= 15 is 0 Å². The van der Waals surface area contributed by atoms with E-state index in [1.807, 2.05) is 7.05 Å². The maximum Gasteiger partial charge on any atom is 0.145 e. The molecule has 106 valence electrons. The van der Waals surface area contributed by atoms with E-state index in [0.717, 1.165) is 25.9 Å². The number of ether oxygens (including phenoxy) is 1. The molecule has 19 heavy (non-hydrogen) atoms. The fourth-order valence-corrected chi connectivity index (χ4v) is 2.78. The SMILES string of the molecule is CNC(Cc1cccc(Cl)c1F)CC1CCCCO1. The number of benzene rings is 1. The topological polar surface area (TPSA) is 21.3 Å². The summed E-state index contributed by atoms with van der Waals surface area (Å²) in [6, 6.07) is 5.40. The first kappa shape index (κ1) is 14.8. The van der Waals surface area contributed by atoms with E-state index in [2.05, 4.69) is 5.32 Å². The number of hydrogen-bond donors (Lipinski definition) is 1. The normalized spacial score (nSPS) is 21.3. The Balaban J connectivity index is 1.96. The fraction of sp³-hybridized carbons (Fsp3) is 0.600. The highest BCUT2D eigenvalue weighted by Gasteiger charge is 2.20. The Morgan fingerprint density at radius 3 is 3.00 bits per heavy atom. The molecule has 1 aliphatic rings. The third-order valence-corrected chi connectivity index (χ3v) is 4.02. The summed E-state index contributed by atoms with van der Waals surface area (Å²) in [6.07, 6.45) is 5.35. The van der Waals surface area contributed by atoms with E-state index in [1.54, 1.807) is 18.2 Å². The van der Waals surface area contributed by atoms with E-state index in [4.69, 9.17) is 16.3 Å². The Morgan fingerprint density at radius 2 is 2.32 bits per heavy atom. The Morgan fingerprint density at radius 1 is 1.47 bits per heavy atom. The molecule has 1 fully saturated rings. The third-order valence-electron chi connectivity index (χ3n) is 3.73. The summed E-state index contributed by atoms with van der Waals surface area (Å²) in [5, 5.41) is 3.45. The van der Waals surface area contributed by atoms with Crippen LogP contribution < -0.4 is 5.32 Å². The molecule has 1 aliphatic heterocycles. The number of halogens is 2. The first-order valence-electron chi connectivity index (χ1n) is 6.92. The summed E-state index contributed by atoms with van der Waals surface area (Å²) in [7, 11) is 1.91. The van der Waals surface area contributed by atoms with E-state index < -0.39 is 0 Å². The molecule has 0 radical (unpaired) electrons. The van der Waals surface area contributed by atoms with Gasteiger partial charge in [-0.05, 0) is 50.8 Å².